The molecule has 0 bridgehead atoms. The van der Waals surface area contributed by atoms with Crippen LogP contribution in [0.4, 0.5) is 11.5 Å². The first kappa shape index (κ1) is 18.2. The number of aromatic nitrogens is 2. The largest absolute Gasteiger partial charge is 0.355 e. The van der Waals surface area contributed by atoms with Gasteiger partial charge in [-0.2, -0.15) is 0 Å². The van der Waals surface area contributed by atoms with E-state index in [0.29, 0.717) is 19.6 Å². The lowest BCUT2D eigenvalue weighted by atomic mass is 9.97. The number of aryl methyl sites for hydroxylation is 1. The van der Waals surface area contributed by atoms with Crippen molar-refractivity contribution in [3.63, 3.8) is 0 Å². The molecule has 1 amide bonds. The van der Waals surface area contributed by atoms with Crippen LogP contribution in [0.15, 0.2) is 67.0 Å². The maximum atomic E-state index is 13.0. The third kappa shape index (κ3) is 3.60. The lowest BCUT2D eigenvalue weighted by Gasteiger charge is -2.41. The maximum absolute atomic E-state index is 13.0. The number of carbonyl (C=O) groups excluding carboxylic acids is 1. The normalized spacial score (nSPS) is 13.9. The topological polar surface area (TPSA) is 49.3 Å². The molecule has 1 aliphatic rings. The molecule has 2 aromatic carbocycles. The van der Waals surface area contributed by atoms with Gasteiger partial charge in [0.1, 0.15) is 12.1 Å². The molecule has 28 heavy (non-hydrogen) atoms. The van der Waals surface area contributed by atoms with E-state index in [1.807, 2.05) is 73.3 Å². The lowest BCUT2D eigenvalue weighted by molar-refractivity contribution is -0.123. The summed E-state index contributed by atoms with van der Waals surface area (Å²) in [5.41, 5.74) is 4.10. The Bertz CT molecular complexity index is 967. The summed E-state index contributed by atoms with van der Waals surface area (Å²) in [6.07, 6.45) is 1.60. The Labute approximate surface area is 165 Å². The van der Waals surface area contributed by atoms with Crippen LogP contribution in [0.3, 0.4) is 0 Å². The summed E-state index contributed by atoms with van der Waals surface area (Å²) >= 11 is 0. The van der Waals surface area contributed by atoms with E-state index >= 15 is 0 Å². The van der Waals surface area contributed by atoms with Crippen LogP contribution in [0.2, 0.25) is 0 Å². The number of nitrogens with zero attached hydrogens (tertiary/aromatic N) is 4. The number of anilines is 2. The average molecular weight is 372 g/mol. The molecule has 0 saturated carbocycles. The molecule has 0 unspecified atom stereocenters. The smallest absolute Gasteiger partial charge is 0.233 e. The van der Waals surface area contributed by atoms with Crippen molar-refractivity contribution in [1.29, 1.82) is 0 Å². The number of amides is 1. The Hall–Kier alpha value is -3.21. The van der Waals surface area contributed by atoms with Gasteiger partial charge in [0.2, 0.25) is 5.91 Å². The first-order valence-corrected chi connectivity index (χ1v) is 9.66. The molecular weight excluding hydrogens is 348 g/mol. The second kappa shape index (κ2) is 7.80. The highest BCUT2D eigenvalue weighted by molar-refractivity contribution is 5.96. The first-order chi connectivity index (χ1) is 13.7. The Morgan fingerprint density at radius 2 is 1.86 bits per heavy atom. The Morgan fingerprint density at radius 3 is 2.57 bits per heavy atom. The molecule has 0 N–H and O–H groups in total. The number of hydrogen-bond donors (Lipinski definition) is 0. The highest BCUT2D eigenvalue weighted by atomic mass is 16.2. The van der Waals surface area contributed by atoms with E-state index in [0.717, 1.165) is 28.3 Å². The van der Waals surface area contributed by atoms with E-state index < -0.39 is 0 Å². The van der Waals surface area contributed by atoms with Crippen LogP contribution in [0.5, 0.6) is 0 Å². The molecule has 1 aliphatic heterocycles. The third-order valence-electron chi connectivity index (χ3n) is 5.17. The fourth-order valence-corrected chi connectivity index (χ4v) is 3.59. The fourth-order valence-electron chi connectivity index (χ4n) is 3.59. The molecule has 5 nitrogen and oxygen atoms in total. The second-order valence-corrected chi connectivity index (χ2v) is 7.15. The fraction of sp³-hybridized carbons (Fsp3) is 0.261. The summed E-state index contributed by atoms with van der Waals surface area (Å²) in [4.78, 5) is 25.8. The summed E-state index contributed by atoms with van der Waals surface area (Å²) in [7, 11) is 0. The predicted octanol–water partition coefficient (Wildman–Crippen LogP) is 3.94. The predicted molar refractivity (Wildman–Crippen MR) is 112 cm³/mol. The summed E-state index contributed by atoms with van der Waals surface area (Å²) in [6, 6.07) is 20.2. The summed E-state index contributed by atoms with van der Waals surface area (Å²) in [5.74, 6) is 1.05. The van der Waals surface area contributed by atoms with E-state index in [1.165, 1.54) is 0 Å². The van der Waals surface area contributed by atoms with E-state index in [2.05, 4.69) is 20.9 Å². The highest BCUT2D eigenvalue weighted by Gasteiger charge is 2.36. The monoisotopic (exact) mass is 372 g/mol. The summed E-state index contributed by atoms with van der Waals surface area (Å²) < 4.78 is 0. The Kier molecular flexibility index (Phi) is 5.06. The van der Waals surface area contributed by atoms with Gasteiger partial charge in [-0.05, 0) is 31.5 Å². The molecule has 142 valence electrons. The number of carbonyl (C=O) groups is 1. The standard InChI is InChI=1S/C23H24N4O/c1-3-27(20-11-7-8-17(2)12-20)23(28)19-14-26(15-19)22-13-21(24-16-25-22)18-9-5-4-6-10-18/h4-13,16,19H,3,14-15H2,1-2H3. The SMILES string of the molecule is CCN(C(=O)C1CN(c2cc(-c3ccccc3)ncn2)C1)c1cccc(C)c1. The molecule has 0 atom stereocenters. The van der Waals surface area contributed by atoms with Gasteiger partial charge in [-0.3, -0.25) is 4.79 Å². The van der Waals surface area contributed by atoms with Crippen LogP contribution in [0.1, 0.15) is 12.5 Å². The molecule has 2 heterocycles. The summed E-state index contributed by atoms with van der Waals surface area (Å²) in [6.45, 7) is 6.11. The van der Waals surface area contributed by atoms with Gasteiger partial charge in [0, 0.05) is 37.0 Å². The van der Waals surface area contributed by atoms with Crippen molar-refractivity contribution >= 4 is 17.4 Å². The van der Waals surface area contributed by atoms with Gasteiger partial charge >= 0.3 is 0 Å². The number of rotatable bonds is 5. The number of hydrogen-bond acceptors (Lipinski definition) is 4. The zero-order valence-corrected chi connectivity index (χ0v) is 16.2. The molecule has 0 spiro atoms. The molecule has 1 fully saturated rings. The van der Waals surface area contributed by atoms with Gasteiger partial charge in [-0.15, -0.1) is 0 Å². The van der Waals surface area contributed by atoms with Gasteiger partial charge in [0.25, 0.3) is 0 Å². The van der Waals surface area contributed by atoms with E-state index in [4.69, 9.17) is 0 Å². The molecule has 4 rings (SSSR count). The molecular formula is C23H24N4O. The van der Waals surface area contributed by atoms with Gasteiger partial charge in [0.15, 0.2) is 0 Å². The minimum absolute atomic E-state index is 0.00407. The van der Waals surface area contributed by atoms with Crippen LogP contribution < -0.4 is 9.80 Å². The molecule has 1 saturated heterocycles. The van der Waals surface area contributed by atoms with E-state index in [1.54, 1.807) is 6.33 Å². The van der Waals surface area contributed by atoms with Crippen molar-refractivity contribution in [3.8, 4) is 11.3 Å². The van der Waals surface area contributed by atoms with Crippen molar-refractivity contribution in [2.45, 2.75) is 13.8 Å². The lowest BCUT2D eigenvalue weighted by Crippen LogP contribution is -2.55. The minimum Gasteiger partial charge on any atom is -0.355 e. The molecule has 1 aromatic heterocycles. The van der Waals surface area contributed by atoms with E-state index in [9.17, 15) is 4.79 Å². The molecule has 0 aliphatic carbocycles. The van der Waals surface area contributed by atoms with Crippen molar-refractivity contribution < 1.29 is 4.79 Å². The third-order valence-corrected chi connectivity index (χ3v) is 5.17. The van der Waals surface area contributed by atoms with Gasteiger partial charge in [-0.1, -0.05) is 42.5 Å². The number of benzene rings is 2. The second-order valence-electron chi connectivity index (χ2n) is 7.15. The highest BCUT2D eigenvalue weighted by Crippen LogP contribution is 2.28. The Morgan fingerprint density at radius 1 is 1.07 bits per heavy atom. The van der Waals surface area contributed by atoms with Crippen molar-refractivity contribution in [2.75, 3.05) is 29.4 Å². The van der Waals surface area contributed by atoms with Gasteiger partial charge < -0.3 is 9.80 Å². The molecule has 3 aromatic rings. The maximum Gasteiger partial charge on any atom is 0.233 e. The minimum atomic E-state index is -0.00407. The molecule has 0 radical (unpaired) electrons. The summed E-state index contributed by atoms with van der Waals surface area (Å²) in [5, 5.41) is 0. The quantitative estimate of drug-likeness (QED) is 0.681. The van der Waals surface area contributed by atoms with Crippen LogP contribution in [-0.4, -0.2) is 35.5 Å². The van der Waals surface area contributed by atoms with Crippen LogP contribution >= 0.6 is 0 Å². The van der Waals surface area contributed by atoms with Crippen molar-refractivity contribution in [1.82, 2.24) is 9.97 Å². The zero-order valence-electron chi connectivity index (χ0n) is 16.2. The first-order valence-electron chi connectivity index (χ1n) is 9.66. The van der Waals surface area contributed by atoms with Gasteiger partial charge in [0.05, 0.1) is 11.6 Å². The van der Waals surface area contributed by atoms with Crippen LogP contribution in [0.25, 0.3) is 11.3 Å². The molecule has 5 heteroatoms. The van der Waals surface area contributed by atoms with Crippen LogP contribution in [-0.2, 0) is 4.79 Å². The average Bonchev–Trinajstić information content (AvgIpc) is 2.68. The zero-order chi connectivity index (χ0) is 19.5. The van der Waals surface area contributed by atoms with Crippen molar-refractivity contribution in [2.24, 2.45) is 5.92 Å². The van der Waals surface area contributed by atoms with Crippen molar-refractivity contribution in [3.05, 3.63) is 72.6 Å². The van der Waals surface area contributed by atoms with E-state index in [-0.39, 0.29) is 11.8 Å². The Balaban J connectivity index is 1.45. The van der Waals surface area contributed by atoms with Gasteiger partial charge in [-0.25, -0.2) is 9.97 Å². The van der Waals surface area contributed by atoms with Crippen LogP contribution in [0, 0.1) is 12.8 Å².